The average Bonchev–Trinajstić information content (AvgIpc) is 3.25. The Hall–Kier alpha value is -3.45. The van der Waals surface area contributed by atoms with Crippen LogP contribution in [0.4, 0.5) is 4.39 Å². The molecule has 0 aliphatic rings. The minimum atomic E-state index is -1.58. The molecule has 0 saturated heterocycles. The molecular weight excluding hydrogens is 345 g/mol. The monoisotopic (exact) mass is 361 g/mol. The lowest BCUT2D eigenvalue weighted by atomic mass is 9.80. The van der Waals surface area contributed by atoms with Gasteiger partial charge in [0.2, 0.25) is 0 Å². The normalized spacial score (nSPS) is 12.7. The largest absolute Gasteiger partial charge is 0.378 e. The minimum Gasteiger partial charge on any atom is -0.378 e. The van der Waals surface area contributed by atoms with E-state index in [1.807, 2.05) is 0 Å². The molecule has 0 amide bonds. The fraction of sp³-hybridized carbons (Fsp3) is 0.100. The highest BCUT2D eigenvalue weighted by Gasteiger charge is 2.44. The molecule has 0 radical (unpaired) electrons. The lowest BCUT2D eigenvalue weighted by molar-refractivity contribution is 0.0314. The Balaban J connectivity index is 1.99. The number of nitrogens with zero attached hydrogens (tertiary/aromatic N) is 5. The molecule has 0 saturated carbocycles. The summed E-state index contributed by atoms with van der Waals surface area (Å²) in [5.41, 5.74) is -0.0381. The number of halogens is 1. The Morgan fingerprint density at radius 3 is 2.07 bits per heavy atom. The van der Waals surface area contributed by atoms with Crippen LogP contribution in [-0.4, -0.2) is 29.8 Å². The van der Waals surface area contributed by atoms with Crippen molar-refractivity contribution in [3.8, 4) is 0 Å². The van der Waals surface area contributed by atoms with Crippen LogP contribution in [0.2, 0.25) is 0 Å². The van der Waals surface area contributed by atoms with Crippen molar-refractivity contribution in [1.29, 1.82) is 0 Å². The summed E-state index contributed by atoms with van der Waals surface area (Å²) in [6.07, 6.45) is 10.9. The van der Waals surface area contributed by atoms with E-state index in [4.69, 9.17) is 0 Å². The third kappa shape index (κ3) is 3.09. The molecule has 0 aliphatic heterocycles. The number of rotatable bonds is 5. The van der Waals surface area contributed by atoms with Crippen LogP contribution in [-0.2, 0) is 5.60 Å². The maximum atomic E-state index is 13.5. The first kappa shape index (κ1) is 17.0. The molecule has 1 atom stereocenters. The Labute approximate surface area is 155 Å². The van der Waals surface area contributed by atoms with Gasteiger partial charge in [-0.3, -0.25) is 19.6 Å². The topological polar surface area (TPSA) is 76.7 Å². The molecule has 27 heavy (non-hydrogen) atoms. The van der Waals surface area contributed by atoms with E-state index < -0.39 is 17.5 Å². The molecule has 4 heterocycles. The SMILES string of the molecule is OC(c1cccnc1)(c1cccnc1)C(c1ccc(F)cn1)n1cccn1. The van der Waals surface area contributed by atoms with Crippen molar-refractivity contribution in [3.05, 3.63) is 108 Å². The zero-order valence-electron chi connectivity index (χ0n) is 14.2. The molecular formula is C20H16FN5O. The first-order valence-corrected chi connectivity index (χ1v) is 8.33. The second-order valence-electron chi connectivity index (χ2n) is 6.04. The molecule has 0 fully saturated rings. The van der Waals surface area contributed by atoms with Gasteiger partial charge in [0.15, 0.2) is 0 Å². The molecule has 4 aromatic rings. The maximum absolute atomic E-state index is 13.5. The van der Waals surface area contributed by atoms with Gasteiger partial charge in [-0.1, -0.05) is 12.1 Å². The van der Waals surface area contributed by atoms with E-state index in [1.54, 1.807) is 78.3 Å². The number of aromatic nitrogens is 5. The summed E-state index contributed by atoms with van der Waals surface area (Å²) >= 11 is 0. The molecule has 6 nitrogen and oxygen atoms in total. The van der Waals surface area contributed by atoms with Crippen LogP contribution in [0.1, 0.15) is 22.9 Å². The van der Waals surface area contributed by atoms with Gasteiger partial charge in [0, 0.05) is 48.3 Å². The fourth-order valence-corrected chi connectivity index (χ4v) is 3.18. The van der Waals surface area contributed by atoms with Crippen molar-refractivity contribution < 1.29 is 9.50 Å². The van der Waals surface area contributed by atoms with Crippen LogP contribution in [0.3, 0.4) is 0 Å². The van der Waals surface area contributed by atoms with Crippen molar-refractivity contribution >= 4 is 0 Å². The van der Waals surface area contributed by atoms with E-state index in [-0.39, 0.29) is 0 Å². The van der Waals surface area contributed by atoms with E-state index in [0.717, 1.165) is 6.20 Å². The summed E-state index contributed by atoms with van der Waals surface area (Å²) in [6, 6.07) is 10.9. The Bertz CT molecular complexity index is 952. The number of hydrogen-bond donors (Lipinski definition) is 1. The molecule has 1 unspecified atom stereocenters. The molecule has 4 rings (SSSR count). The fourth-order valence-electron chi connectivity index (χ4n) is 3.18. The third-order valence-electron chi connectivity index (χ3n) is 4.42. The van der Waals surface area contributed by atoms with E-state index in [2.05, 4.69) is 20.1 Å². The van der Waals surface area contributed by atoms with Gasteiger partial charge in [-0.15, -0.1) is 0 Å². The Kier molecular flexibility index (Phi) is 4.43. The highest BCUT2D eigenvalue weighted by molar-refractivity contribution is 5.38. The molecule has 0 bridgehead atoms. The molecule has 7 heteroatoms. The van der Waals surface area contributed by atoms with Crippen LogP contribution in [0, 0.1) is 5.82 Å². The van der Waals surface area contributed by atoms with Crippen molar-refractivity contribution in [1.82, 2.24) is 24.7 Å². The number of aliphatic hydroxyl groups is 1. The van der Waals surface area contributed by atoms with Crippen LogP contribution < -0.4 is 0 Å². The van der Waals surface area contributed by atoms with E-state index >= 15 is 0 Å². The summed E-state index contributed by atoms with van der Waals surface area (Å²) < 4.78 is 15.1. The van der Waals surface area contributed by atoms with Crippen molar-refractivity contribution in [3.63, 3.8) is 0 Å². The van der Waals surface area contributed by atoms with Gasteiger partial charge in [-0.2, -0.15) is 5.10 Å². The smallest absolute Gasteiger partial charge is 0.146 e. The molecule has 0 aliphatic carbocycles. The van der Waals surface area contributed by atoms with Crippen LogP contribution in [0.5, 0.6) is 0 Å². The second kappa shape index (κ2) is 7.05. The molecule has 4 aromatic heterocycles. The number of hydrogen-bond acceptors (Lipinski definition) is 5. The van der Waals surface area contributed by atoms with Gasteiger partial charge in [-0.05, 0) is 30.3 Å². The van der Waals surface area contributed by atoms with Gasteiger partial charge < -0.3 is 5.11 Å². The Morgan fingerprint density at radius 2 is 1.59 bits per heavy atom. The predicted molar refractivity (Wildman–Crippen MR) is 96.0 cm³/mol. The molecule has 134 valence electrons. The quantitative estimate of drug-likeness (QED) is 0.591. The van der Waals surface area contributed by atoms with E-state index in [9.17, 15) is 9.50 Å². The predicted octanol–water partition coefficient (Wildman–Crippen LogP) is 2.73. The Morgan fingerprint density at radius 1 is 0.889 bits per heavy atom. The van der Waals surface area contributed by atoms with Gasteiger partial charge in [0.25, 0.3) is 0 Å². The molecule has 0 aromatic carbocycles. The number of pyridine rings is 3. The van der Waals surface area contributed by atoms with Gasteiger partial charge in [-0.25, -0.2) is 4.39 Å². The first-order valence-electron chi connectivity index (χ1n) is 8.33. The lowest BCUT2D eigenvalue weighted by Crippen LogP contribution is -2.40. The first-order chi connectivity index (χ1) is 13.2. The van der Waals surface area contributed by atoms with Crippen LogP contribution in [0.25, 0.3) is 0 Å². The summed E-state index contributed by atoms with van der Waals surface area (Å²) in [7, 11) is 0. The second-order valence-corrected chi connectivity index (χ2v) is 6.04. The van der Waals surface area contributed by atoms with Crippen LogP contribution >= 0.6 is 0 Å². The minimum absolute atomic E-state index is 0.454. The highest BCUT2D eigenvalue weighted by Crippen LogP contribution is 2.42. The standard InChI is InChI=1S/C20H16FN5O/c21-17-6-7-18(24-14-17)19(26-11-3-10-25-26)20(27,15-4-1-8-22-12-15)16-5-2-9-23-13-16/h1-14,19,27H. The summed E-state index contributed by atoms with van der Waals surface area (Å²) in [4.78, 5) is 12.5. The van der Waals surface area contributed by atoms with Gasteiger partial charge >= 0.3 is 0 Å². The zero-order valence-corrected chi connectivity index (χ0v) is 14.2. The van der Waals surface area contributed by atoms with Gasteiger partial charge in [0.1, 0.15) is 17.5 Å². The summed E-state index contributed by atoms with van der Waals surface area (Å²) in [5.74, 6) is -0.454. The zero-order chi connectivity index (χ0) is 18.7. The van der Waals surface area contributed by atoms with Crippen molar-refractivity contribution in [2.45, 2.75) is 11.6 Å². The average molecular weight is 361 g/mol. The molecule has 1 N–H and O–H groups in total. The van der Waals surface area contributed by atoms with Gasteiger partial charge in [0.05, 0.1) is 11.9 Å². The maximum Gasteiger partial charge on any atom is 0.146 e. The van der Waals surface area contributed by atoms with E-state index in [0.29, 0.717) is 16.8 Å². The summed E-state index contributed by atoms with van der Waals surface area (Å²) in [6.45, 7) is 0. The lowest BCUT2D eigenvalue weighted by Gasteiger charge is -2.36. The molecule has 0 spiro atoms. The highest BCUT2D eigenvalue weighted by atomic mass is 19.1. The van der Waals surface area contributed by atoms with E-state index in [1.165, 1.54) is 6.07 Å². The van der Waals surface area contributed by atoms with Crippen molar-refractivity contribution in [2.75, 3.05) is 0 Å². The van der Waals surface area contributed by atoms with Crippen molar-refractivity contribution in [2.24, 2.45) is 0 Å². The summed E-state index contributed by atoms with van der Waals surface area (Å²) in [5, 5.41) is 16.3. The third-order valence-corrected chi connectivity index (χ3v) is 4.42. The van der Waals surface area contributed by atoms with Crippen LogP contribution in [0.15, 0.2) is 85.8 Å².